The number of carbonyl (C=O) groups is 1. The molecular formula is C16H17N3OS. The standard InChI is InChI=1S/C16H17N3OS/c1-11(12-7-9-18-10-8-12)19-16(20)14(15(17)21)13-5-3-2-4-6-13/h2-11,14H,1H3,(H2,17,21)(H,19,20). The van der Waals surface area contributed by atoms with Crippen LogP contribution in [-0.2, 0) is 4.79 Å². The van der Waals surface area contributed by atoms with E-state index >= 15 is 0 Å². The van der Waals surface area contributed by atoms with Crippen molar-refractivity contribution in [1.82, 2.24) is 10.3 Å². The zero-order valence-corrected chi connectivity index (χ0v) is 12.5. The van der Waals surface area contributed by atoms with Gasteiger partial charge in [-0.2, -0.15) is 0 Å². The second-order valence-corrected chi connectivity index (χ2v) is 5.23. The molecule has 21 heavy (non-hydrogen) atoms. The van der Waals surface area contributed by atoms with E-state index in [1.54, 1.807) is 12.4 Å². The third kappa shape index (κ3) is 3.86. The quantitative estimate of drug-likeness (QED) is 0.832. The lowest BCUT2D eigenvalue weighted by Crippen LogP contribution is -2.37. The summed E-state index contributed by atoms with van der Waals surface area (Å²) in [5.74, 6) is -0.816. The maximum Gasteiger partial charge on any atom is 0.234 e. The Balaban J connectivity index is 2.15. The molecule has 4 nitrogen and oxygen atoms in total. The van der Waals surface area contributed by atoms with Crippen LogP contribution in [0.2, 0.25) is 0 Å². The smallest absolute Gasteiger partial charge is 0.234 e. The fourth-order valence-corrected chi connectivity index (χ4v) is 2.37. The molecule has 0 fully saturated rings. The average molecular weight is 299 g/mol. The first-order valence-electron chi connectivity index (χ1n) is 6.64. The van der Waals surface area contributed by atoms with E-state index in [4.69, 9.17) is 18.0 Å². The Morgan fingerprint density at radius 1 is 1.14 bits per heavy atom. The van der Waals surface area contributed by atoms with Crippen molar-refractivity contribution in [3.8, 4) is 0 Å². The van der Waals surface area contributed by atoms with E-state index in [0.29, 0.717) is 0 Å². The zero-order valence-electron chi connectivity index (χ0n) is 11.7. The molecular weight excluding hydrogens is 282 g/mol. The van der Waals surface area contributed by atoms with Crippen molar-refractivity contribution in [3.05, 3.63) is 66.0 Å². The van der Waals surface area contributed by atoms with Crippen LogP contribution in [0.25, 0.3) is 0 Å². The van der Waals surface area contributed by atoms with E-state index in [2.05, 4.69) is 10.3 Å². The Labute approximate surface area is 129 Å². The predicted octanol–water partition coefficient (Wildman–Crippen LogP) is 2.33. The Morgan fingerprint density at radius 3 is 2.33 bits per heavy atom. The molecule has 5 heteroatoms. The van der Waals surface area contributed by atoms with Crippen molar-refractivity contribution >= 4 is 23.1 Å². The molecule has 0 saturated heterocycles. The summed E-state index contributed by atoms with van der Waals surface area (Å²) in [6, 6.07) is 12.9. The van der Waals surface area contributed by atoms with Gasteiger partial charge in [0.25, 0.3) is 0 Å². The molecule has 1 aromatic carbocycles. The number of nitrogens with one attached hydrogen (secondary N) is 1. The number of rotatable bonds is 5. The number of amides is 1. The molecule has 0 radical (unpaired) electrons. The van der Waals surface area contributed by atoms with Crippen molar-refractivity contribution in [1.29, 1.82) is 0 Å². The van der Waals surface area contributed by atoms with Gasteiger partial charge in [-0.25, -0.2) is 0 Å². The van der Waals surface area contributed by atoms with Crippen molar-refractivity contribution < 1.29 is 4.79 Å². The second-order valence-electron chi connectivity index (χ2n) is 4.76. The molecule has 2 aromatic rings. The van der Waals surface area contributed by atoms with Crippen LogP contribution in [0.1, 0.15) is 30.0 Å². The van der Waals surface area contributed by atoms with Crippen molar-refractivity contribution in [3.63, 3.8) is 0 Å². The lowest BCUT2D eigenvalue weighted by Gasteiger charge is -2.20. The number of aromatic nitrogens is 1. The number of nitrogens with zero attached hydrogens (tertiary/aromatic N) is 1. The summed E-state index contributed by atoms with van der Waals surface area (Å²) >= 11 is 5.05. The number of pyridine rings is 1. The van der Waals surface area contributed by atoms with Crippen LogP contribution < -0.4 is 11.1 Å². The van der Waals surface area contributed by atoms with Crippen molar-refractivity contribution in [2.75, 3.05) is 0 Å². The van der Waals surface area contributed by atoms with Crippen LogP contribution in [0.5, 0.6) is 0 Å². The second kappa shape index (κ2) is 6.95. The number of nitrogens with two attached hydrogens (primary N) is 1. The Bertz CT molecular complexity index is 616. The number of hydrogen-bond acceptors (Lipinski definition) is 3. The fraction of sp³-hybridized carbons (Fsp3) is 0.188. The minimum atomic E-state index is -0.620. The molecule has 3 N–H and O–H groups in total. The fourth-order valence-electron chi connectivity index (χ4n) is 2.12. The summed E-state index contributed by atoms with van der Waals surface area (Å²) in [5.41, 5.74) is 7.52. The number of carbonyl (C=O) groups excluding carboxylic acids is 1. The molecule has 108 valence electrons. The van der Waals surface area contributed by atoms with Crippen molar-refractivity contribution in [2.45, 2.75) is 18.9 Å². The topological polar surface area (TPSA) is 68.0 Å². The summed E-state index contributed by atoms with van der Waals surface area (Å²) in [6.45, 7) is 1.91. The lowest BCUT2D eigenvalue weighted by molar-refractivity contribution is -0.121. The molecule has 2 unspecified atom stereocenters. The van der Waals surface area contributed by atoms with Gasteiger partial charge in [-0.15, -0.1) is 0 Å². The highest BCUT2D eigenvalue weighted by Gasteiger charge is 2.24. The number of hydrogen-bond donors (Lipinski definition) is 2. The summed E-state index contributed by atoms with van der Waals surface area (Å²) in [5, 5.41) is 2.94. The predicted molar refractivity (Wildman–Crippen MR) is 86.8 cm³/mol. The van der Waals surface area contributed by atoms with E-state index < -0.39 is 5.92 Å². The van der Waals surface area contributed by atoms with E-state index in [9.17, 15) is 4.79 Å². The summed E-state index contributed by atoms with van der Waals surface area (Å²) in [7, 11) is 0. The molecule has 0 spiro atoms. The highest BCUT2D eigenvalue weighted by atomic mass is 32.1. The van der Waals surface area contributed by atoms with Crippen molar-refractivity contribution in [2.24, 2.45) is 5.73 Å². The van der Waals surface area contributed by atoms with Crippen LogP contribution in [0.3, 0.4) is 0 Å². The normalized spacial score (nSPS) is 13.2. The van der Waals surface area contributed by atoms with Crippen LogP contribution in [-0.4, -0.2) is 15.9 Å². The van der Waals surface area contributed by atoms with E-state index in [0.717, 1.165) is 11.1 Å². The SMILES string of the molecule is CC(NC(=O)C(C(N)=S)c1ccccc1)c1ccncc1. The molecule has 0 aliphatic rings. The van der Waals surface area contributed by atoms with Gasteiger partial charge in [-0.3, -0.25) is 9.78 Å². The molecule has 0 aliphatic carbocycles. The Kier molecular flexibility index (Phi) is 5.00. The van der Waals surface area contributed by atoms with Gasteiger partial charge < -0.3 is 11.1 Å². The number of benzene rings is 1. The minimum absolute atomic E-state index is 0.138. The van der Waals surface area contributed by atoms with Crippen LogP contribution in [0, 0.1) is 0 Å². The molecule has 0 aliphatic heterocycles. The molecule has 0 saturated carbocycles. The van der Waals surface area contributed by atoms with Crippen LogP contribution >= 0.6 is 12.2 Å². The lowest BCUT2D eigenvalue weighted by atomic mass is 9.97. The van der Waals surface area contributed by atoms with Crippen LogP contribution in [0.15, 0.2) is 54.9 Å². The third-order valence-electron chi connectivity index (χ3n) is 3.24. The Hall–Kier alpha value is -2.27. The zero-order chi connectivity index (χ0) is 15.2. The summed E-state index contributed by atoms with van der Waals surface area (Å²) in [4.78, 5) is 16.6. The maximum absolute atomic E-state index is 12.5. The van der Waals surface area contributed by atoms with E-state index in [1.807, 2.05) is 49.4 Å². The highest BCUT2D eigenvalue weighted by molar-refractivity contribution is 7.80. The Morgan fingerprint density at radius 2 is 1.76 bits per heavy atom. The van der Waals surface area contributed by atoms with Gasteiger partial charge >= 0.3 is 0 Å². The molecule has 1 aromatic heterocycles. The first-order valence-corrected chi connectivity index (χ1v) is 7.05. The molecule has 1 heterocycles. The first-order chi connectivity index (χ1) is 10.1. The van der Waals surface area contributed by atoms with Gasteiger partial charge in [0.1, 0.15) is 5.92 Å². The number of thiocarbonyl (C=S) groups is 1. The van der Waals surface area contributed by atoms with Gasteiger partial charge in [-0.05, 0) is 30.2 Å². The largest absolute Gasteiger partial charge is 0.392 e. The highest BCUT2D eigenvalue weighted by Crippen LogP contribution is 2.19. The molecule has 0 bridgehead atoms. The van der Waals surface area contributed by atoms with Crippen LogP contribution in [0.4, 0.5) is 0 Å². The van der Waals surface area contributed by atoms with Gasteiger partial charge in [0, 0.05) is 12.4 Å². The summed E-state index contributed by atoms with van der Waals surface area (Å²) in [6.07, 6.45) is 3.39. The molecule has 2 rings (SSSR count). The van der Waals surface area contributed by atoms with E-state index in [1.165, 1.54) is 0 Å². The minimum Gasteiger partial charge on any atom is -0.392 e. The summed E-state index contributed by atoms with van der Waals surface area (Å²) < 4.78 is 0. The van der Waals surface area contributed by atoms with Gasteiger partial charge in [0.05, 0.1) is 11.0 Å². The maximum atomic E-state index is 12.5. The first kappa shape index (κ1) is 15.1. The monoisotopic (exact) mass is 299 g/mol. The third-order valence-corrected chi connectivity index (χ3v) is 3.48. The molecule has 1 amide bonds. The van der Waals surface area contributed by atoms with Gasteiger partial charge in [-0.1, -0.05) is 42.5 Å². The van der Waals surface area contributed by atoms with Gasteiger partial charge in [0.2, 0.25) is 5.91 Å². The molecule has 2 atom stereocenters. The van der Waals surface area contributed by atoms with Gasteiger partial charge in [0.15, 0.2) is 0 Å². The average Bonchev–Trinajstić information content (AvgIpc) is 2.49. The van der Waals surface area contributed by atoms with E-state index in [-0.39, 0.29) is 16.9 Å².